The maximum atomic E-state index is 12.1. The summed E-state index contributed by atoms with van der Waals surface area (Å²) in [5, 5.41) is 2.80. The first-order valence-electron chi connectivity index (χ1n) is 7.45. The Balaban J connectivity index is 2.03. The molecule has 1 amide bonds. The number of anilines is 2. The molecule has 4 nitrogen and oxygen atoms in total. The molecule has 0 aliphatic heterocycles. The maximum absolute atomic E-state index is 12.1. The SMILES string of the molecule is Cc1ccc(C(C)C)c(OCC(=O)Nc2ccc(N)cc2Br)c1. The number of hydrogen-bond donors (Lipinski definition) is 2. The summed E-state index contributed by atoms with van der Waals surface area (Å²) in [4.78, 5) is 12.1. The standard InChI is InChI=1S/C18H21BrN2O2/c1-11(2)14-6-4-12(3)8-17(14)23-10-18(22)21-16-7-5-13(20)9-15(16)19/h4-9,11H,10,20H2,1-3H3,(H,21,22). The molecule has 0 aliphatic rings. The van der Waals surface area contributed by atoms with Crippen molar-refractivity contribution in [3.05, 3.63) is 52.0 Å². The molecule has 0 saturated heterocycles. The van der Waals surface area contributed by atoms with E-state index >= 15 is 0 Å². The number of hydrogen-bond acceptors (Lipinski definition) is 3. The Bertz CT molecular complexity index is 714. The second-order valence-electron chi connectivity index (χ2n) is 5.77. The number of nitrogens with two attached hydrogens (primary N) is 1. The highest BCUT2D eigenvalue weighted by molar-refractivity contribution is 9.10. The summed E-state index contributed by atoms with van der Waals surface area (Å²) in [6.45, 7) is 6.16. The summed E-state index contributed by atoms with van der Waals surface area (Å²) < 4.78 is 6.46. The molecule has 0 spiro atoms. The molecular formula is C18H21BrN2O2. The van der Waals surface area contributed by atoms with Gasteiger partial charge in [0.25, 0.3) is 5.91 Å². The summed E-state index contributed by atoms with van der Waals surface area (Å²) in [5.74, 6) is 0.873. The normalized spacial score (nSPS) is 10.7. The van der Waals surface area contributed by atoms with Crippen molar-refractivity contribution in [2.45, 2.75) is 26.7 Å². The average molecular weight is 377 g/mol. The fourth-order valence-electron chi connectivity index (χ4n) is 2.21. The Labute approximate surface area is 145 Å². The fraction of sp³-hybridized carbons (Fsp3) is 0.278. The van der Waals surface area contributed by atoms with Crippen LogP contribution in [0.1, 0.15) is 30.9 Å². The topological polar surface area (TPSA) is 64.3 Å². The molecule has 2 aromatic rings. The molecule has 0 bridgehead atoms. The first-order valence-corrected chi connectivity index (χ1v) is 8.24. The summed E-state index contributed by atoms with van der Waals surface area (Å²) in [7, 11) is 0. The van der Waals surface area contributed by atoms with Crippen molar-refractivity contribution in [1.29, 1.82) is 0 Å². The Morgan fingerprint density at radius 2 is 2.00 bits per heavy atom. The molecule has 0 aromatic heterocycles. The molecule has 0 unspecified atom stereocenters. The smallest absolute Gasteiger partial charge is 0.262 e. The van der Waals surface area contributed by atoms with E-state index in [1.807, 2.05) is 25.1 Å². The average Bonchev–Trinajstić information content (AvgIpc) is 2.48. The second kappa shape index (κ2) is 7.51. The van der Waals surface area contributed by atoms with Gasteiger partial charge in [0.05, 0.1) is 5.69 Å². The number of carbonyl (C=O) groups is 1. The van der Waals surface area contributed by atoms with Gasteiger partial charge in [0.1, 0.15) is 5.75 Å². The zero-order valence-electron chi connectivity index (χ0n) is 13.5. The second-order valence-corrected chi connectivity index (χ2v) is 6.63. The van der Waals surface area contributed by atoms with Gasteiger partial charge in [-0.05, 0) is 64.2 Å². The first kappa shape index (κ1) is 17.3. The number of nitrogen functional groups attached to an aromatic ring is 1. The van der Waals surface area contributed by atoms with Crippen LogP contribution in [-0.2, 0) is 4.79 Å². The van der Waals surface area contributed by atoms with Crippen LogP contribution < -0.4 is 15.8 Å². The van der Waals surface area contributed by atoms with Gasteiger partial charge in [0.15, 0.2) is 6.61 Å². The predicted molar refractivity (Wildman–Crippen MR) is 97.9 cm³/mol. The van der Waals surface area contributed by atoms with Crippen molar-refractivity contribution in [3.63, 3.8) is 0 Å². The molecule has 2 rings (SSSR count). The number of nitrogens with one attached hydrogen (secondary N) is 1. The Morgan fingerprint density at radius 1 is 1.26 bits per heavy atom. The molecule has 2 aromatic carbocycles. The number of carbonyl (C=O) groups excluding carboxylic acids is 1. The van der Waals surface area contributed by atoms with Crippen LogP contribution in [-0.4, -0.2) is 12.5 Å². The van der Waals surface area contributed by atoms with E-state index in [1.54, 1.807) is 18.2 Å². The summed E-state index contributed by atoms with van der Waals surface area (Å²) in [6, 6.07) is 11.3. The lowest BCUT2D eigenvalue weighted by Crippen LogP contribution is -2.21. The van der Waals surface area contributed by atoms with Crippen molar-refractivity contribution in [2.75, 3.05) is 17.7 Å². The predicted octanol–water partition coefficient (Wildman–Crippen LogP) is 4.48. The summed E-state index contributed by atoms with van der Waals surface area (Å²) >= 11 is 3.38. The lowest BCUT2D eigenvalue weighted by atomic mass is 10.0. The van der Waals surface area contributed by atoms with E-state index in [0.717, 1.165) is 21.3 Å². The Kier molecular flexibility index (Phi) is 5.66. The van der Waals surface area contributed by atoms with Crippen molar-refractivity contribution >= 4 is 33.2 Å². The van der Waals surface area contributed by atoms with E-state index in [-0.39, 0.29) is 12.5 Å². The van der Waals surface area contributed by atoms with Gasteiger partial charge in [0.2, 0.25) is 0 Å². The molecule has 0 aliphatic carbocycles. The van der Waals surface area contributed by atoms with Crippen molar-refractivity contribution in [1.82, 2.24) is 0 Å². The van der Waals surface area contributed by atoms with E-state index in [9.17, 15) is 4.79 Å². The lowest BCUT2D eigenvalue weighted by molar-refractivity contribution is -0.118. The number of aryl methyl sites for hydroxylation is 1. The third kappa shape index (κ3) is 4.73. The molecule has 0 fully saturated rings. The third-order valence-corrected chi connectivity index (χ3v) is 4.07. The molecule has 0 heterocycles. The number of ether oxygens (including phenoxy) is 1. The van der Waals surface area contributed by atoms with Crippen LogP contribution in [0.25, 0.3) is 0 Å². The fourth-order valence-corrected chi connectivity index (χ4v) is 2.70. The van der Waals surface area contributed by atoms with E-state index < -0.39 is 0 Å². The van der Waals surface area contributed by atoms with Gasteiger partial charge in [-0.3, -0.25) is 4.79 Å². The highest BCUT2D eigenvalue weighted by Gasteiger charge is 2.11. The Hall–Kier alpha value is -2.01. The lowest BCUT2D eigenvalue weighted by Gasteiger charge is -2.15. The minimum Gasteiger partial charge on any atom is -0.483 e. The van der Waals surface area contributed by atoms with Crippen LogP contribution in [0.5, 0.6) is 5.75 Å². The molecule has 5 heteroatoms. The van der Waals surface area contributed by atoms with Crippen LogP contribution in [0, 0.1) is 6.92 Å². The number of benzene rings is 2. The van der Waals surface area contributed by atoms with Gasteiger partial charge >= 0.3 is 0 Å². The van der Waals surface area contributed by atoms with Crippen molar-refractivity contribution in [2.24, 2.45) is 0 Å². The van der Waals surface area contributed by atoms with Crippen LogP contribution in [0.3, 0.4) is 0 Å². The van der Waals surface area contributed by atoms with Crippen molar-refractivity contribution < 1.29 is 9.53 Å². The molecule has 3 N–H and O–H groups in total. The van der Waals surface area contributed by atoms with E-state index in [1.165, 1.54) is 0 Å². The van der Waals surface area contributed by atoms with Crippen LogP contribution >= 0.6 is 15.9 Å². The maximum Gasteiger partial charge on any atom is 0.262 e. The van der Waals surface area contributed by atoms with Crippen molar-refractivity contribution in [3.8, 4) is 5.75 Å². The van der Waals surface area contributed by atoms with Gasteiger partial charge in [-0.15, -0.1) is 0 Å². The van der Waals surface area contributed by atoms with Gasteiger partial charge in [-0.25, -0.2) is 0 Å². The van der Waals surface area contributed by atoms with Gasteiger partial charge in [0, 0.05) is 10.2 Å². The minimum atomic E-state index is -0.216. The van der Waals surface area contributed by atoms with Crippen LogP contribution in [0.4, 0.5) is 11.4 Å². The molecule has 122 valence electrons. The summed E-state index contributed by atoms with van der Waals surface area (Å²) in [6.07, 6.45) is 0. The van der Waals surface area contributed by atoms with Gasteiger partial charge in [-0.2, -0.15) is 0 Å². The number of amides is 1. The monoisotopic (exact) mass is 376 g/mol. The molecule has 0 atom stereocenters. The third-order valence-electron chi connectivity index (χ3n) is 3.42. The summed E-state index contributed by atoms with van der Waals surface area (Å²) in [5.41, 5.74) is 9.18. The highest BCUT2D eigenvalue weighted by Crippen LogP contribution is 2.28. The van der Waals surface area contributed by atoms with E-state index in [2.05, 4.69) is 35.1 Å². The zero-order valence-corrected chi connectivity index (χ0v) is 15.1. The number of halogens is 1. The van der Waals surface area contributed by atoms with E-state index in [0.29, 0.717) is 17.3 Å². The molecular weight excluding hydrogens is 356 g/mol. The van der Waals surface area contributed by atoms with Gasteiger partial charge in [-0.1, -0.05) is 26.0 Å². The highest BCUT2D eigenvalue weighted by atomic mass is 79.9. The Morgan fingerprint density at radius 3 is 2.65 bits per heavy atom. The first-order chi connectivity index (χ1) is 10.9. The minimum absolute atomic E-state index is 0.0417. The quantitative estimate of drug-likeness (QED) is 0.755. The molecule has 23 heavy (non-hydrogen) atoms. The number of rotatable bonds is 5. The van der Waals surface area contributed by atoms with Crippen LogP contribution in [0.2, 0.25) is 0 Å². The van der Waals surface area contributed by atoms with E-state index in [4.69, 9.17) is 10.5 Å². The van der Waals surface area contributed by atoms with Crippen LogP contribution in [0.15, 0.2) is 40.9 Å². The molecule has 0 saturated carbocycles. The van der Waals surface area contributed by atoms with Gasteiger partial charge < -0.3 is 15.8 Å². The largest absolute Gasteiger partial charge is 0.483 e. The zero-order chi connectivity index (χ0) is 17.0. The molecule has 0 radical (unpaired) electrons.